The summed E-state index contributed by atoms with van der Waals surface area (Å²) in [5.74, 6) is -3.49. The number of carboxylic acid groups (broad SMARTS) is 1. The summed E-state index contributed by atoms with van der Waals surface area (Å²) in [7, 11) is 0. The molecule has 0 saturated carbocycles. The molecule has 0 aliphatic carbocycles. The topological polar surface area (TPSA) is 94.9 Å². The van der Waals surface area contributed by atoms with Crippen molar-refractivity contribution in [3.63, 3.8) is 0 Å². The van der Waals surface area contributed by atoms with E-state index in [9.17, 15) is 23.9 Å². The Morgan fingerprint density at radius 1 is 1.00 bits per heavy atom. The van der Waals surface area contributed by atoms with Crippen LogP contribution in [0.2, 0.25) is 0 Å². The Hall–Kier alpha value is -3.48. The van der Waals surface area contributed by atoms with Crippen molar-refractivity contribution >= 4 is 23.4 Å². The maximum atomic E-state index is 13.4. The largest absolute Gasteiger partial charge is 0.507 e. The van der Waals surface area contributed by atoms with Crippen molar-refractivity contribution in [1.82, 2.24) is 4.90 Å². The first-order chi connectivity index (χ1) is 13.4. The Kier molecular flexibility index (Phi) is 5.54. The summed E-state index contributed by atoms with van der Waals surface area (Å²) in [6, 6.07) is 12.7. The minimum absolute atomic E-state index is 0.0183. The normalized spacial score (nSPS) is 18.5. The molecule has 2 aromatic rings. The van der Waals surface area contributed by atoms with Crippen LogP contribution in [0.3, 0.4) is 0 Å². The molecule has 0 aromatic heterocycles. The number of ketones is 1. The Balaban J connectivity index is 2.08. The smallest absolute Gasteiger partial charge is 0.303 e. The highest BCUT2D eigenvalue weighted by Gasteiger charge is 2.45. The molecule has 1 saturated heterocycles. The van der Waals surface area contributed by atoms with Crippen molar-refractivity contribution in [1.29, 1.82) is 0 Å². The zero-order valence-electron chi connectivity index (χ0n) is 14.8. The van der Waals surface area contributed by atoms with E-state index in [2.05, 4.69) is 0 Å². The minimum Gasteiger partial charge on any atom is -0.507 e. The standard InChI is InChI=1S/C21H18FNO5/c22-15-10-8-13(9-11-15)18-17(19(26)14-5-2-1-3-6-14)20(27)21(28)23(18)12-4-7-16(24)25/h1-3,5-6,8-11,18,26H,4,7,12H2,(H,24,25)/t18-/m0/s1. The van der Waals surface area contributed by atoms with E-state index in [0.717, 1.165) is 0 Å². The van der Waals surface area contributed by atoms with E-state index in [-0.39, 0.29) is 30.7 Å². The number of halogens is 1. The number of hydrogen-bond donors (Lipinski definition) is 2. The number of aliphatic carboxylic acids is 1. The van der Waals surface area contributed by atoms with Gasteiger partial charge in [0.15, 0.2) is 0 Å². The fraction of sp³-hybridized carbons (Fsp3) is 0.190. The fourth-order valence-corrected chi connectivity index (χ4v) is 3.25. The number of hydrogen-bond acceptors (Lipinski definition) is 4. The Labute approximate surface area is 160 Å². The number of amides is 1. The molecule has 0 bridgehead atoms. The van der Waals surface area contributed by atoms with E-state index in [1.54, 1.807) is 30.3 Å². The van der Waals surface area contributed by atoms with Gasteiger partial charge >= 0.3 is 5.97 Å². The van der Waals surface area contributed by atoms with Crippen LogP contribution in [0.5, 0.6) is 0 Å². The van der Waals surface area contributed by atoms with Crippen LogP contribution in [0.4, 0.5) is 4.39 Å². The van der Waals surface area contributed by atoms with Gasteiger partial charge < -0.3 is 15.1 Å². The Bertz CT molecular complexity index is 937. The van der Waals surface area contributed by atoms with Crippen LogP contribution in [-0.2, 0) is 14.4 Å². The van der Waals surface area contributed by atoms with Crippen LogP contribution >= 0.6 is 0 Å². The average Bonchev–Trinajstić information content (AvgIpc) is 2.93. The number of carbonyl (C=O) groups excluding carboxylic acids is 2. The number of benzene rings is 2. The van der Waals surface area contributed by atoms with E-state index < -0.39 is 29.5 Å². The summed E-state index contributed by atoms with van der Waals surface area (Å²) in [6.45, 7) is 0.0183. The first kappa shape index (κ1) is 19.3. The Morgan fingerprint density at radius 2 is 1.64 bits per heavy atom. The van der Waals surface area contributed by atoms with E-state index in [1.807, 2.05) is 0 Å². The van der Waals surface area contributed by atoms with Crippen molar-refractivity contribution in [3.8, 4) is 0 Å². The molecule has 1 atom stereocenters. The molecule has 0 spiro atoms. The number of carbonyl (C=O) groups is 3. The van der Waals surface area contributed by atoms with Gasteiger partial charge in [0, 0.05) is 18.5 Å². The lowest BCUT2D eigenvalue weighted by molar-refractivity contribution is -0.140. The molecule has 1 fully saturated rings. The molecule has 0 unspecified atom stereocenters. The zero-order valence-corrected chi connectivity index (χ0v) is 14.8. The second-order valence-corrected chi connectivity index (χ2v) is 6.41. The number of rotatable bonds is 6. The van der Waals surface area contributed by atoms with Gasteiger partial charge in [-0.3, -0.25) is 14.4 Å². The van der Waals surface area contributed by atoms with Crippen LogP contribution in [0.15, 0.2) is 60.2 Å². The molecule has 144 valence electrons. The summed E-state index contributed by atoms with van der Waals surface area (Å²) in [5.41, 5.74) is 0.727. The van der Waals surface area contributed by atoms with Crippen molar-refractivity contribution in [2.45, 2.75) is 18.9 Å². The molecule has 0 radical (unpaired) electrons. The fourth-order valence-electron chi connectivity index (χ4n) is 3.25. The lowest BCUT2D eigenvalue weighted by Crippen LogP contribution is -2.31. The molecule has 1 aliphatic rings. The predicted octanol–water partition coefficient (Wildman–Crippen LogP) is 3.11. The number of Topliss-reactive ketones (excluding diaryl/α,β-unsaturated/α-hetero) is 1. The van der Waals surface area contributed by atoms with Gasteiger partial charge in [0.05, 0.1) is 11.6 Å². The molecule has 3 rings (SSSR count). The molecule has 1 heterocycles. The molecular weight excluding hydrogens is 365 g/mol. The van der Waals surface area contributed by atoms with Gasteiger partial charge in [0.25, 0.3) is 11.7 Å². The van der Waals surface area contributed by atoms with Crippen molar-refractivity contribution in [3.05, 3.63) is 77.1 Å². The van der Waals surface area contributed by atoms with Gasteiger partial charge in [-0.15, -0.1) is 0 Å². The maximum Gasteiger partial charge on any atom is 0.303 e. The number of carboxylic acids is 1. The molecule has 2 aromatic carbocycles. The lowest BCUT2D eigenvalue weighted by atomic mass is 9.95. The van der Waals surface area contributed by atoms with Crippen molar-refractivity contribution in [2.75, 3.05) is 6.54 Å². The summed E-state index contributed by atoms with van der Waals surface area (Å²) >= 11 is 0. The van der Waals surface area contributed by atoms with E-state index in [4.69, 9.17) is 5.11 Å². The van der Waals surface area contributed by atoms with Crippen molar-refractivity contribution < 1.29 is 29.0 Å². The highest BCUT2D eigenvalue weighted by atomic mass is 19.1. The molecule has 6 nitrogen and oxygen atoms in total. The second-order valence-electron chi connectivity index (χ2n) is 6.41. The van der Waals surface area contributed by atoms with E-state index in [1.165, 1.54) is 29.2 Å². The highest BCUT2D eigenvalue weighted by molar-refractivity contribution is 6.46. The van der Waals surface area contributed by atoms with Gasteiger partial charge in [0.1, 0.15) is 11.6 Å². The quantitative estimate of drug-likeness (QED) is 0.454. The molecule has 2 N–H and O–H groups in total. The number of nitrogens with zero attached hydrogens (tertiary/aromatic N) is 1. The Morgan fingerprint density at radius 3 is 2.25 bits per heavy atom. The number of likely N-dealkylation sites (tertiary alicyclic amines) is 1. The third-order valence-electron chi connectivity index (χ3n) is 4.56. The van der Waals surface area contributed by atoms with Crippen molar-refractivity contribution in [2.24, 2.45) is 0 Å². The van der Waals surface area contributed by atoms with E-state index in [0.29, 0.717) is 11.1 Å². The lowest BCUT2D eigenvalue weighted by Gasteiger charge is -2.25. The van der Waals surface area contributed by atoms with E-state index >= 15 is 0 Å². The summed E-state index contributed by atoms with van der Waals surface area (Å²) in [4.78, 5) is 37.3. The minimum atomic E-state index is -1.01. The van der Waals surface area contributed by atoms with Crippen LogP contribution in [0.25, 0.3) is 5.76 Å². The monoisotopic (exact) mass is 383 g/mol. The molecule has 1 amide bonds. The number of aliphatic hydroxyl groups excluding tert-OH is 1. The average molecular weight is 383 g/mol. The van der Waals surface area contributed by atoms with Gasteiger partial charge in [0.2, 0.25) is 0 Å². The SMILES string of the molecule is O=C(O)CCCN1C(=O)C(=O)C(=C(O)c2ccccc2)[C@@H]1c1ccc(F)cc1. The second kappa shape index (κ2) is 8.04. The molecular formula is C21H18FNO5. The summed E-state index contributed by atoms with van der Waals surface area (Å²) < 4.78 is 13.4. The number of aliphatic hydroxyl groups is 1. The van der Waals surface area contributed by atoms with Crippen LogP contribution < -0.4 is 0 Å². The third kappa shape index (κ3) is 3.78. The summed E-state index contributed by atoms with van der Waals surface area (Å²) in [6.07, 6.45) is -0.0246. The zero-order chi connectivity index (χ0) is 20.3. The van der Waals surface area contributed by atoms with Crippen LogP contribution in [0.1, 0.15) is 30.0 Å². The van der Waals surface area contributed by atoms with Gasteiger partial charge in [-0.1, -0.05) is 42.5 Å². The third-order valence-corrected chi connectivity index (χ3v) is 4.56. The van der Waals surface area contributed by atoms with Crippen LogP contribution in [-0.4, -0.2) is 39.3 Å². The van der Waals surface area contributed by atoms with Crippen LogP contribution in [0, 0.1) is 5.82 Å². The predicted molar refractivity (Wildman–Crippen MR) is 98.7 cm³/mol. The first-order valence-electron chi connectivity index (χ1n) is 8.71. The molecule has 7 heteroatoms. The first-order valence-corrected chi connectivity index (χ1v) is 8.71. The maximum absolute atomic E-state index is 13.4. The molecule has 1 aliphatic heterocycles. The van der Waals surface area contributed by atoms with Gasteiger partial charge in [-0.25, -0.2) is 4.39 Å². The van der Waals surface area contributed by atoms with Gasteiger partial charge in [-0.05, 0) is 24.1 Å². The summed E-state index contributed by atoms with van der Waals surface area (Å²) in [5, 5.41) is 19.6. The molecule has 28 heavy (non-hydrogen) atoms. The van der Waals surface area contributed by atoms with Gasteiger partial charge in [-0.2, -0.15) is 0 Å². The highest BCUT2D eigenvalue weighted by Crippen LogP contribution is 2.39.